The number of aryl methyl sites for hydroxylation is 1. The highest BCUT2D eigenvalue weighted by Gasteiger charge is 2.32. The van der Waals surface area contributed by atoms with Crippen LogP contribution in [0.5, 0.6) is 11.5 Å². The number of ether oxygens (including phenoxy) is 1. The zero-order chi connectivity index (χ0) is 17.1. The van der Waals surface area contributed by atoms with Crippen molar-refractivity contribution in [2.24, 2.45) is 0 Å². The molecule has 0 radical (unpaired) electrons. The van der Waals surface area contributed by atoms with Gasteiger partial charge < -0.3 is 4.74 Å². The molecule has 120 valence electrons. The fourth-order valence-corrected chi connectivity index (χ4v) is 2.97. The maximum atomic E-state index is 11.4. The van der Waals surface area contributed by atoms with Crippen LogP contribution >= 0.6 is 31.2 Å². The van der Waals surface area contributed by atoms with Gasteiger partial charge in [0.05, 0.1) is 9.95 Å². The molecule has 1 atom stereocenters. The Morgan fingerprint density at radius 3 is 2.48 bits per heavy atom. The summed E-state index contributed by atoms with van der Waals surface area (Å²) in [5.74, 6) is 0.522. The van der Waals surface area contributed by atoms with Gasteiger partial charge >= 0.3 is 19.0 Å². The summed E-state index contributed by atoms with van der Waals surface area (Å²) in [6, 6.07) is 7.04. The molecule has 0 aliphatic rings. The molecule has 1 unspecified atom stereocenters. The highest BCUT2D eigenvalue weighted by atomic mass is 35.5. The summed E-state index contributed by atoms with van der Waals surface area (Å²) in [6.07, 6.45) is 0.434. The Hall–Kier alpha value is -1.72. The van der Waals surface area contributed by atoms with Gasteiger partial charge in [-0.15, -0.1) is 0 Å². The lowest BCUT2D eigenvalue weighted by Crippen LogP contribution is -2.08. The van der Waals surface area contributed by atoms with E-state index in [4.69, 9.17) is 27.9 Å². The highest BCUT2D eigenvalue weighted by Crippen LogP contribution is 2.36. The molecule has 2 aromatic carbocycles. The predicted molar refractivity (Wildman–Crippen MR) is 88.5 cm³/mol. The molecule has 0 aliphatic heterocycles. The summed E-state index contributed by atoms with van der Waals surface area (Å²) in [5.41, 5.74) is 0.100. The van der Waals surface area contributed by atoms with Gasteiger partial charge in [-0.2, -0.15) is 4.89 Å². The molecule has 0 spiro atoms. The first kappa shape index (κ1) is 17.6. The molecule has 0 amide bonds. The van der Waals surface area contributed by atoms with E-state index in [0.29, 0.717) is 22.8 Å². The van der Waals surface area contributed by atoms with Crippen LogP contribution in [0.2, 0.25) is 10.0 Å². The minimum Gasteiger partial charge on any atom is -0.455 e. The lowest BCUT2D eigenvalue weighted by molar-refractivity contribution is -0.383. The van der Waals surface area contributed by atoms with Gasteiger partial charge in [-0.05, 0) is 29.2 Å². The largest absolute Gasteiger partial charge is 0.553 e. The smallest absolute Gasteiger partial charge is 0.455 e. The van der Waals surface area contributed by atoms with Crippen LogP contribution < -0.4 is 10.0 Å². The Morgan fingerprint density at radius 1 is 1.26 bits per heavy atom. The second-order valence-corrected chi connectivity index (χ2v) is 6.38. The van der Waals surface area contributed by atoms with E-state index in [1.807, 2.05) is 0 Å². The zero-order valence-electron chi connectivity index (χ0n) is 11.8. The van der Waals surface area contributed by atoms with Crippen molar-refractivity contribution >= 4 is 42.2 Å². The van der Waals surface area contributed by atoms with E-state index in [9.17, 15) is 19.6 Å². The molecule has 0 bridgehead atoms. The van der Waals surface area contributed by atoms with Gasteiger partial charge in [0.2, 0.25) is 0 Å². The van der Waals surface area contributed by atoms with Crippen LogP contribution in [0, 0.1) is 10.1 Å². The molecule has 6 nitrogen and oxygen atoms in total. The van der Waals surface area contributed by atoms with E-state index in [1.165, 1.54) is 18.2 Å². The average Bonchev–Trinajstić information content (AvgIpc) is 2.49. The fourth-order valence-electron chi connectivity index (χ4n) is 1.95. The maximum Gasteiger partial charge on any atom is 0.553 e. The van der Waals surface area contributed by atoms with Crippen LogP contribution in [0.4, 0.5) is 5.69 Å². The monoisotopic (exact) mass is 374 g/mol. The van der Waals surface area contributed by atoms with Crippen molar-refractivity contribution in [3.05, 3.63) is 56.1 Å². The molecular formula is C14H11Cl2NO5P+. The second kappa shape index (κ2) is 7.23. The molecule has 0 heterocycles. The average molecular weight is 375 g/mol. The lowest BCUT2D eigenvalue weighted by atomic mass is 10.1. The molecule has 9 heteroatoms. The van der Waals surface area contributed by atoms with Crippen molar-refractivity contribution < 1.29 is 19.1 Å². The van der Waals surface area contributed by atoms with Crippen molar-refractivity contribution in [3.8, 4) is 11.5 Å². The van der Waals surface area contributed by atoms with Crippen LogP contribution in [0.25, 0.3) is 0 Å². The first-order valence-corrected chi connectivity index (χ1v) is 8.40. The molecular weight excluding hydrogens is 364 g/mol. The van der Waals surface area contributed by atoms with Crippen molar-refractivity contribution in [3.63, 3.8) is 0 Å². The molecule has 1 N–H and O–H groups in total. The Balaban J connectivity index is 2.55. The number of rotatable bonds is 5. The molecule has 2 aromatic rings. The van der Waals surface area contributed by atoms with Crippen LogP contribution in [-0.2, 0) is 11.0 Å². The quantitative estimate of drug-likeness (QED) is 0.468. The van der Waals surface area contributed by atoms with Gasteiger partial charge in [-0.1, -0.05) is 30.1 Å². The number of nitrogens with zero attached hydrogens (tertiary/aromatic N) is 1. The minimum absolute atomic E-state index is 0.231. The number of benzene rings is 2. The highest BCUT2D eigenvalue weighted by molar-refractivity contribution is 7.47. The molecule has 0 saturated carbocycles. The molecule has 0 aliphatic carbocycles. The first-order chi connectivity index (χ1) is 10.8. The minimum atomic E-state index is -2.90. The van der Waals surface area contributed by atoms with Crippen LogP contribution in [0.3, 0.4) is 0 Å². The number of halogens is 2. The van der Waals surface area contributed by atoms with E-state index < -0.39 is 18.6 Å². The standard InChI is InChI=1S/C14H10Cl2NO5P/c1-2-8-5-11(17(18)19)14(23(20)21)7-13(8)22-12-4-3-9(15)6-10(12)16/h3-7H,2H2,1H3/p+1. The number of hydrogen-bond donors (Lipinski definition) is 1. The fraction of sp³-hybridized carbons (Fsp3) is 0.143. The second-order valence-electron chi connectivity index (χ2n) is 4.51. The molecule has 0 saturated heterocycles. The topological polar surface area (TPSA) is 89.7 Å². The van der Waals surface area contributed by atoms with Crippen molar-refractivity contribution in [2.75, 3.05) is 0 Å². The summed E-state index contributed by atoms with van der Waals surface area (Å²) in [5, 5.41) is 11.4. The SMILES string of the molecule is CCc1cc([N+](=O)[O-])c([P+](=O)O)cc1Oc1ccc(Cl)cc1Cl. The predicted octanol–water partition coefficient (Wildman–Crippen LogP) is 4.62. The third-order valence-corrected chi connectivity index (χ3v) is 4.36. The number of nitro benzene ring substituents is 1. The van der Waals surface area contributed by atoms with Gasteiger partial charge in [-0.3, -0.25) is 10.1 Å². The third-order valence-electron chi connectivity index (χ3n) is 3.06. The van der Waals surface area contributed by atoms with E-state index in [0.717, 1.165) is 0 Å². The lowest BCUT2D eigenvalue weighted by Gasteiger charge is -2.11. The van der Waals surface area contributed by atoms with E-state index in [-0.39, 0.29) is 16.1 Å². The molecule has 23 heavy (non-hydrogen) atoms. The van der Waals surface area contributed by atoms with Gasteiger partial charge in [0.1, 0.15) is 11.5 Å². The Labute approximate surface area is 142 Å². The third kappa shape index (κ3) is 3.98. The summed E-state index contributed by atoms with van der Waals surface area (Å²) in [6.45, 7) is 1.79. The van der Waals surface area contributed by atoms with Crippen molar-refractivity contribution in [1.82, 2.24) is 0 Å². The molecule has 0 fully saturated rings. The summed E-state index contributed by atoms with van der Waals surface area (Å²) < 4.78 is 17.0. The van der Waals surface area contributed by atoms with E-state index >= 15 is 0 Å². The Bertz CT molecular complexity index is 797. The van der Waals surface area contributed by atoms with E-state index in [1.54, 1.807) is 19.1 Å². The molecule has 2 rings (SSSR count). The van der Waals surface area contributed by atoms with Gasteiger partial charge in [-0.25, -0.2) is 0 Å². The van der Waals surface area contributed by atoms with Gasteiger partial charge in [0.25, 0.3) is 0 Å². The van der Waals surface area contributed by atoms with Crippen LogP contribution in [-0.4, -0.2) is 9.82 Å². The number of hydrogen-bond acceptors (Lipinski definition) is 4. The zero-order valence-corrected chi connectivity index (χ0v) is 14.2. The van der Waals surface area contributed by atoms with Crippen molar-refractivity contribution in [2.45, 2.75) is 13.3 Å². The Morgan fingerprint density at radius 2 is 1.96 bits per heavy atom. The molecule has 0 aromatic heterocycles. The van der Waals surface area contributed by atoms with Gasteiger partial charge in [0, 0.05) is 22.7 Å². The van der Waals surface area contributed by atoms with Gasteiger partial charge in [0.15, 0.2) is 0 Å². The summed E-state index contributed by atoms with van der Waals surface area (Å²) >= 11 is 11.8. The summed E-state index contributed by atoms with van der Waals surface area (Å²) in [4.78, 5) is 19.7. The Kier molecular flexibility index (Phi) is 5.55. The number of nitro groups is 1. The van der Waals surface area contributed by atoms with Crippen LogP contribution in [0.1, 0.15) is 12.5 Å². The maximum absolute atomic E-state index is 11.4. The first-order valence-electron chi connectivity index (χ1n) is 6.43. The van der Waals surface area contributed by atoms with Crippen molar-refractivity contribution in [1.29, 1.82) is 0 Å². The van der Waals surface area contributed by atoms with Crippen LogP contribution in [0.15, 0.2) is 30.3 Å². The van der Waals surface area contributed by atoms with E-state index in [2.05, 4.69) is 0 Å². The summed E-state index contributed by atoms with van der Waals surface area (Å²) in [7, 11) is -2.90. The normalized spacial score (nSPS) is 11.2.